The summed E-state index contributed by atoms with van der Waals surface area (Å²) in [6.07, 6.45) is 2.33. The second-order valence-electron chi connectivity index (χ2n) is 9.05. The first-order chi connectivity index (χ1) is 12.7. The molecule has 4 saturated carbocycles. The number of hydrogen-bond donors (Lipinski definition) is 1. The molecule has 0 amide bonds. The van der Waals surface area contributed by atoms with E-state index in [1.54, 1.807) is 0 Å². The Morgan fingerprint density at radius 2 is 1.68 bits per heavy atom. The van der Waals surface area contributed by atoms with E-state index in [-0.39, 0.29) is 31.1 Å². The van der Waals surface area contributed by atoms with E-state index in [0.717, 1.165) is 6.42 Å². The minimum Gasteiger partial charge on any atom is -0.465 e. The Bertz CT molecular complexity index is 722. The molecule has 2 atom stereocenters. The zero-order valence-corrected chi connectivity index (χ0v) is 16.5. The third-order valence-electron chi connectivity index (χ3n) is 6.47. The number of unbranched alkanes of at least 4 members (excludes halogenated alkanes) is 1. The second kappa shape index (κ2) is 6.82. The Hall–Kier alpha value is -0.900. The fourth-order valence-electron chi connectivity index (χ4n) is 5.64. The first kappa shape index (κ1) is 21.8. The van der Waals surface area contributed by atoms with E-state index in [4.69, 9.17) is 4.74 Å². The Balaban J connectivity index is 1.48. The number of ether oxygens (including phenoxy) is 1. The highest BCUT2D eigenvalue weighted by molar-refractivity contribution is 7.91. The van der Waals surface area contributed by atoms with Crippen LogP contribution in [-0.2, 0) is 19.4 Å². The lowest BCUT2D eigenvalue weighted by Crippen LogP contribution is -2.58. The monoisotopic (exact) mass is 430 g/mol. The van der Waals surface area contributed by atoms with Gasteiger partial charge < -0.3 is 9.84 Å². The van der Waals surface area contributed by atoms with Crippen LogP contribution in [0.25, 0.3) is 0 Å². The van der Waals surface area contributed by atoms with Gasteiger partial charge in [-0.2, -0.15) is 17.6 Å². The number of hydrogen-bond acceptors (Lipinski definition) is 5. The van der Waals surface area contributed by atoms with Crippen molar-refractivity contribution >= 4 is 15.8 Å². The molecule has 0 radical (unpaired) electrons. The number of aliphatic hydroxyl groups is 1. The van der Waals surface area contributed by atoms with Crippen molar-refractivity contribution < 1.29 is 40.6 Å². The lowest BCUT2D eigenvalue weighted by atomic mass is 9.48. The molecule has 10 heteroatoms. The Morgan fingerprint density at radius 1 is 1.11 bits per heavy atom. The average Bonchev–Trinajstić information content (AvgIpc) is 2.50. The van der Waals surface area contributed by atoms with Gasteiger partial charge in [0.15, 0.2) is 0 Å². The quantitative estimate of drug-likeness (QED) is 0.363. The predicted octanol–water partition coefficient (Wildman–Crippen LogP) is 3.30. The van der Waals surface area contributed by atoms with E-state index >= 15 is 0 Å². The third-order valence-corrected chi connectivity index (χ3v) is 7.70. The Kier molecular flexibility index (Phi) is 5.31. The van der Waals surface area contributed by atoms with Gasteiger partial charge in [0.2, 0.25) is 9.84 Å². The SMILES string of the molecule is CS(=O)(=O)C(F)(F)C(F)(F)CCCCOC(=O)C12CC3CC(CC(O)(C3)C1)C2. The van der Waals surface area contributed by atoms with Gasteiger partial charge in [-0.1, -0.05) is 0 Å². The van der Waals surface area contributed by atoms with E-state index in [9.17, 15) is 35.9 Å². The molecule has 2 unspecified atom stereocenters. The topological polar surface area (TPSA) is 80.7 Å². The van der Waals surface area contributed by atoms with Crippen molar-refractivity contribution in [2.24, 2.45) is 17.3 Å². The maximum atomic E-state index is 13.6. The summed E-state index contributed by atoms with van der Waals surface area (Å²) in [7, 11) is -5.24. The Morgan fingerprint density at radius 3 is 2.18 bits per heavy atom. The summed E-state index contributed by atoms with van der Waals surface area (Å²) in [5.41, 5.74) is -1.56. The fraction of sp³-hybridized carbons (Fsp3) is 0.944. The molecule has 1 N–H and O–H groups in total. The summed E-state index contributed by atoms with van der Waals surface area (Å²) in [6, 6.07) is 0. The van der Waals surface area contributed by atoms with Gasteiger partial charge in [0, 0.05) is 12.7 Å². The maximum Gasteiger partial charge on any atom is 0.406 e. The smallest absolute Gasteiger partial charge is 0.406 e. The maximum absolute atomic E-state index is 13.6. The van der Waals surface area contributed by atoms with Crippen LogP contribution in [0.2, 0.25) is 0 Å². The van der Waals surface area contributed by atoms with Crippen molar-refractivity contribution in [3.8, 4) is 0 Å². The highest BCUT2D eigenvalue weighted by Crippen LogP contribution is 2.62. The van der Waals surface area contributed by atoms with Crippen molar-refractivity contribution in [3.05, 3.63) is 0 Å². The summed E-state index contributed by atoms with van der Waals surface area (Å²) in [5.74, 6) is -4.56. The summed E-state index contributed by atoms with van der Waals surface area (Å²) in [5, 5.41) is 5.51. The van der Waals surface area contributed by atoms with Crippen LogP contribution in [0.5, 0.6) is 0 Å². The zero-order chi connectivity index (χ0) is 21.0. The lowest BCUT2D eigenvalue weighted by molar-refractivity contribution is -0.196. The van der Waals surface area contributed by atoms with Crippen LogP contribution in [0.15, 0.2) is 0 Å². The molecule has 5 nitrogen and oxygen atoms in total. The highest BCUT2D eigenvalue weighted by atomic mass is 32.2. The van der Waals surface area contributed by atoms with Crippen molar-refractivity contribution in [1.82, 2.24) is 0 Å². The van der Waals surface area contributed by atoms with Crippen LogP contribution in [0.1, 0.15) is 57.8 Å². The summed E-state index contributed by atoms with van der Waals surface area (Å²) < 4.78 is 80.9. The molecule has 0 aromatic carbocycles. The molecule has 4 fully saturated rings. The Labute approximate surface area is 161 Å². The molecule has 4 rings (SSSR count). The highest BCUT2D eigenvalue weighted by Gasteiger charge is 2.63. The van der Waals surface area contributed by atoms with Gasteiger partial charge in [0.05, 0.1) is 17.6 Å². The average molecular weight is 430 g/mol. The van der Waals surface area contributed by atoms with Crippen molar-refractivity contribution in [2.75, 3.05) is 12.9 Å². The number of carbonyl (C=O) groups excluding carboxylic acids is 1. The molecule has 28 heavy (non-hydrogen) atoms. The molecule has 0 aromatic heterocycles. The largest absolute Gasteiger partial charge is 0.465 e. The molecule has 0 aromatic rings. The first-order valence-corrected chi connectivity index (χ1v) is 11.4. The summed E-state index contributed by atoms with van der Waals surface area (Å²) in [6.45, 7) is -0.200. The van der Waals surface area contributed by atoms with Crippen LogP contribution in [0.4, 0.5) is 17.6 Å². The molecular weight excluding hydrogens is 404 g/mol. The van der Waals surface area contributed by atoms with E-state index in [1.807, 2.05) is 0 Å². The third kappa shape index (κ3) is 3.78. The number of sulfone groups is 1. The standard InChI is InChI=1S/C18H26F4O5S/c1-28(25,26)18(21,22)17(19,20)4-2-3-5-27-14(23)15-7-12-6-13(8-15)10-16(24,9-12)11-15/h12-13,24H,2-11H2,1H3. The minimum absolute atomic E-state index is 0.0715. The second-order valence-corrected chi connectivity index (χ2v) is 11.1. The normalized spacial score (nSPS) is 35.2. The van der Waals surface area contributed by atoms with Crippen LogP contribution in [0, 0.1) is 17.3 Å². The molecule has 162 valence electrons. The molecule has 4 aliphatic carbocycles. The van der Waals surface area contributed by atoms with E-state index in [1.165, 1.54) is 0 Å². The number of carbonyl (C=O) groups is 1. The van der Waals surface area contributed by atoms with Crippen molar-refractivity contribution in [3.63, 3.8) is 0 Å². The lowest BCUT2D eigenvalue weighted by Gasteiger charge is -2.58. The van der Waals surface area contributed by atoms with Gasteiger partial charge in [0.1, 0.15) is 0 Å². The zero-order valence-electron chi connectivity index (χ0n) is 15.7. The molecule has 0 spiro atoms. The number of halogens is 4. The van der Waals surface area contributed by atoms with Crippen LogP contribution in [0.3, 0.4) is 0 Å². The number of alkyl halides is 4. The predicted molar refractivity (Wildman–Crippen MR) is 91.6 cm³/mol. The molecule has 4 bridgehead atoms. The minimum atomic E-state index is -5.24. The number of esters is 1. The van der Waals surface area contributed by atoms with Gasteiger partial charge in [-0.15, -0.1) is 0 Å². The molecule has 0 heterocycles. The van der Waals surface area contributed by atoms with Crippen molar-refractivity contribution in [1.29, 1.82) is 0 Å². The number of rotatable bonds is 8. The summed E-state index contributed by atoms with van der Waals surface area (Å²) >= 11 is 0. The van der Waals surface area contributed by atoms with Crippen molar-refractivity contribution in [2.45, 2.75) is 74.6 Å². The molecular formula is C18H26F4O5S. The molecule has 4 aliphatic rings. The van der Waals surface area contributed by atoms with Crippen LogP contribution in [-0.4, -0.2) is 49.1 Å². The van der Waals surface area contributed by atoms with E-state index < -0.39 is 50.8 Å². The first-order valence-electron chi connectivity index (χ1n) is 9.55. The van der Waals surface area contributed by atoms with Crippen LogP contribution >= 0.6 is 0 Å². The van der Waals surface area contributed by atoms with E-state index in [2.05, 4.69) is 0 Å². The van der Waals surface area contributed by atoms with Crippen LogP contribution < -0.4 is 0 Å². The molecule has 0 aliphatic heterocycles. The van der Waals surface area contributed by atoms with Gasteiger partial charge in [0.25, 0.3) is 0 Å². The van der Waals surface area contributed by atoms with Gasteiger partial charge in [-0.05, 0) is 63.2 Å². The van der Waals surface area contributed by atoms with Gasteiger partial charge >= 0.3 is 17.1 Å². The summed E-state index contributed by atoms with van der Waals surface area (Å²) in [4.78, 5) is 12.6. The molecule has 0 saturated heterocycles. The fourth-order valence-corrected chi connectivity index (χ4v) is 6.28. The van der Waals surface area contributed by atoms with E-state index in [0.29, 0.717) is 32.1 Å². The van der Waals surface area contributed by atoms with Gasteiger partial charge in [-0.3, -0.25) is 4.79 Å². The van der Waals surface area contributed by atoms with Gasteiger partial charge in [-0.25, -0.2) is 8.42 Å².